The average molecular weight is 210 g/mol. The van der Waals surface area contributed by atoms with E-state index in [0.717, 1.165) is 5.56 Å². The zero-order valence-electron chi connectivity index (χ0n) is 8.73. The van der Waals surface area contributed by atoms with Gasteiger partial charge in [-0.15, -0.1) is 0 Å². The molecule has 0 radical (unpaired) electrons. The Morgan fingerprint density at radius 2 is 2.20 bits per heavy atom. The summed E-state index contributed by atoms with van der Waals surface area (Å²) in [6.07, 6.45) is 0. The molecule has 82 valence electrons. The van der Waals surface area contributed by atoms with Crippen LogP contribution in [0.2, 0.25) is 0 Å². The Labute approximate surface area is 88.1 Å². The van der Waals surface area contributed by atoms with Crippen LogP contribution >= 0.6 is 0 Å². The second kappa shape index (κ2) is 5.09. The molecule has 1 rings (SSSR count). The molecule has 5 nitrogen and oxygen atoms in total. The van der Waals surface area contributed by atoms with Crippen molar-refractivity contribution in [1.29, 1.82) is 0 Å². The summed E-state index contributed by atoms with van der Waals surface area (Å²) in [7, 11) is 1.56. The van der Waals surface area contributed by atoms with Crippen molar-refractivity contribution in [2.24, 2.45) is 10.9 Å². The highest BCUT2D eigenvalue weighted by molar-refractivity contribution is 5.81. The highest BCUT2D eigenvalue weighted by Crippen LogP contribution is 2.27. The minimum Gasteiger partial charge on any atom is -0.493 e. The number of nitrogens with zero attached hydrogens (tertiary/aromatic N) is 1. The third-order valence-electron chi connectivity index (χ3n) is 1.82. The van der Waals surface area contributed by atoms with Gasteiger partial charge < -0.3 is 20.4 Å². The van der Waals surface area contributed by atoms with Gasteiger partial charge in [-0.2, -0.15) is 0 Å². The van der Waals surface area contributed by atoms with Crippen molar-refractivity contribution >= 4 is 5.84 Å². The van der Waals surface area contributed by atoms with E-state index in [1.165, 1.54) is 0 Å². The van der Waals surface area contributed by atoms with E-state index < -0.39 is 0 Å². The molecule has 0 amide bonds. The van der Waals surface area contributed by atoms with E-state index in [4.69, 9.17) is 20.4 Å². The van der Waals surface area contributed by atoms with Crippen molar-refractivity contribution in [2.75, 3.05) is 13.7 Å². The molecule has 0 aliphatic rings. The standard InChI is InChI=1S/C10H14N2O3/c1-7-3-4-8(9(5-7)14-2)15-6-10(11)12-13/h3-5,13H,6H2,1-2H3,(H2,11,12). The second-order valence-corrected chi connectivity index (χ2v) is 3.03. The van der Waals surface area contributed by atoms with Gasteiger partial charge in [0, 0.05) is 0 Å². The van der Waals surface area contributed by atoms with Gasteiger partial charge in [-0.1, -0.05) is 11.2 Å². The molecule has 0 unspecified atom stereocenters. The number of amidine groups is 1. The fourth-order valence-electron chi connectivity index (χ4n) is 1.07. The number of aryl methyl sites for hydroxylation is 1. The van der Waals surface area contributed by atoms with Crippen molar-refractivity contribution < 1.29 is 14.7 Å². The molecule has 1 aromatic rings. The lowest BCUT2D eigenvalue weighted by Crippen LogP contribution is -2.21. The normalized spacial score (nSPS) is 11.2. The van der Waals surface area contributed by atoms with E-state index in [-0.39, 0.29) is 12.4 Å². The number of hydrogen-bond donors (Lipinski definition) is 2. The largest absolute Gasteiger partial charge is 0.493 e. The lowest BCUT2D eigenvalue weighted by atomic mass is 10.2. The van der Waals surface area contributed by atoms with Crippen LogP contribution in [0.5, 0.6) is 11.5 Å². The van der Waals surface area contributed by atoms with Crippen LogP contribution in [0, 0.1) is 6.92 Å². The first kappa shape index (κ1) is 11.2. The highest BCUT2D eigenvalue weighted by Gasteiger charge is 2.04. The second-order valence-electron chi connectivity index (χ2n) is 3.03. The van der Waals surface area contributed by atoms with Gasteiger partial charge in [0.1, 0.15) is 6.61 Å². The molecule has 0 aromatic heterocycles. The molecule has 5 heteroatoms. The average Bonchev–Trinajstić information content (AvgIpc) is 2.26. The molecule has 0 bridgehead atoms. The van der Waals surface area contributed by atoms with E-state index in [9.17, 15) is 0 Å². The van der Waals surface area contributed by atoms with Gasteiger partial charge in [-0.25, -0.2) is 0 Å². The van der Waals surface area contributed by atoms with Gasteiger partial charge in [0.05, 0.1) is 7.11 Å². The van der Waals surface area contributed by atoms with E-state index in [1.54, 1.807) is 13.2 Å². The van der Waals surface area contributed by atoms with Crippen LogP contribution in [-0.4, -0.2) is 24.8 Å². The smallest absolute Gasteiger partial charge is 0.177 e. The molecule has 0 saturated carbocycles. The van der Waals surface area contributed by atoms with Crippen molar-refractivity contribution in [2.45, 2.75) is 6.92 Å². The van der Waals surface area contributed by atoms with E-state index in [0.29, 0.717) is 11.5 Å². The van der Waals surface area contributed by atoms with Crippen molar-refractivity contribution in [3.05, 3.63) is 23.8 Å². The first-order chi connectivity index (χ1) is 7.17. The monoisotopic (exact) mass is 210 g/mol. The molecule has 0 atom stereocenters. The fourth-order valence-corrected chi connectivity index (χ4v) is 1.07. The molecule has 3 N–H and O–H groups in total. The maximum Gasteiger partial charge on any atom is 0.177 e. The minimum atomic E-state index is 0.0117. The topological polar surface area (TPSA) is 77.1 Å². The van der Waals surface area contributed by atoms with Crippen LogP contribution < -0.4 is 15.2 Å². The number of ether oxygens (including phenoxy) is 2. The van der Waals surface area contributed by atoms with Crippen LogP contribution in [-0.2, 0) is 0 Å². The predicted octanol–water partition coefficient (Wildman–Crippen LogP) is 1.13. The predicted molar refractivity (Wildman–Crippen MR) is 56.6 cm³/mol. The van der Waals surface area contributed by atoms with Gasteiger partial charge in [-0.05, 0) is 24.6 Å². The molecule has 1 aromatic carbocycles. The van der Waals surface area contributed by atoms with Gasteiger partial charge in [0.25, 0.3) is 0 Å². The zero-order valence-corrected chi connectivity index (χ0v) is 8.73. The third kappa shape index (κ3) is 3.05. The van der Waals surface area contributed by atoms with Gasteiger partial charge in [-0.3, -0.25) is 0 Å². The molecule has 0 fully saturated rings. The third-order valence-corrected chi connectivity index (χ3v) is 1.82. The summed E-state index contributed by atoms with van der Waals surface area (Å²) in [5, 5.41) is 11.1. The summed E-state index contributed by atoms with van der Waals surface area (Å²) in [6, 6.07) is 5.52. The zero-order chi connectivity index (χ0) is 11.3. The number of benzene rings is 1. The lowest BCUT2D eigenvalue weighted by molar-refractivity contribution is 0.301. The SMILES string of the molecule is COc1cc(C)ccc1OC/C(N)=N/O. The summed E-state index contributed by atoms with van der Waals surface area (Å²) in [5.74, 6) is 1.20. The summed E-state index contributed by atoms with van der Waals surface area (Å²) in [6.45, 7) is 1.98. The van der Waals surface area contributed by atoms with Crippen LogP contribution in [0.15, 0.2) is 23.4 Å². The molecular weight excluding hydrogens is 196 g/mol. The summed E-state index contributed by atoms with van der Waals surface area (Å²) in [4.78, 5) is 0. The number of rotatable bonds is 4. The first-order valence-electron chi connectivity index (χ1n) is 4.41. The number of nitrogens with two attached hydrogens (primary N) is 1. The van der Waals surface area contributed by atoms with Crippen molar-refractivity contribution in [3.8, 4) is 11.5 Å². The summed E-state index contributed by atoms with van der Waals surface area (Å²) >= 11 is 0. The van der Waals surface area contributed by atoms with E-state index in [1.807, 2.05) is 19.1 Å². The summed E-state index contributed by atoms with van der Waals surface area (Å²) < 4.78 is 10.4. The molecule has 0 spiro atoms. The quantitative estimate of drug-likeness (QED) is 0.338. The van der Waals surface area contributed by atoms with Crippen LogP contribution in [0.3, 0.4) is 0 Å². The van der Waals surface area contributed by atoms with Crippen molar-refractivity contribution in [1.82, 2.24) is 0 Å². The minimum absolute atomic E-state index is 0.0117. The van der Waals surface area contributed by atoms with Crippen LogP contribution in [0.25, 0.3) is 0 Å². The van der Waals surface area contributed by atoms with Gasteiger partial charge in [0.2, 0.25) is 0 Å². The van der Waals surface area contributed by atoms with Crippen molar-refractivity contribution in [3.63, 3.8) is 0 Å². The van der Waals surface area contributed by atoms with E-state index in [2.05, 4.69) is 5.16 Å². The maximum atomic E-state index is 8.34. The Hall–Kier alpha value is -1.91. The summed E-state index contributed by atoms with van der Waals surface area (Å²) in [5.41, 5.74) is 6.35. The Morgan fingerprint density at radius 3 is 2.80 bits per heavy atom. The molecule has 15 heavy (non-hydrogen) atoms. The molecule has 0 aliphatic heterocycles. The van der Waals surface area contributed by atoms with E-state index >= 15 is 0 Å². The van der Waals surface area contributed by atoms with Crippen LogP contribution in [0.4, 0.5) is 0 Å². The Bertz CT molecular complexity index is 364. The molecule has 0 saturated heterocycles. The van der Waals surface area contributed by atoms with Gasteiger partial charge in [0.15, 0.2) is 17.3 Å². The maximum absolute atomic E-state index is 8.34. The molecule has 0 heterocycles. The number of oxime groups is 1. The van der Waals surface area contributed by atoms with Gasteiger partial charge >= 0.3 is 0 Å². The Morgan fingerprint density at radius 1 is 1.47 bits per heavy atom. The Kier molecular flexibility index (Phi) is 3.79. The lowest BCUT2D eigenvalue weighted by Gasteiger charge is -2.10. The molecular formula is C10H14N2O3. The molecule has 0 aliphatic carbocycles. The Balaban J connectivity index is 2.76. The number of methoxy groups -OCH3 is 1. The van der Waals surface area contributed by atoms with Crippen LogP contribution in [0.1, 0.15) is 5.56 Å². The number of hydrogen-bond acceptors (Lipinski definition) is 4. The highest BCUT2D eigenvalue weighted by atomic mass is 16.5. The fraction of sp³-hybridized carbons (Fsp3) is 0.300. The first-order valence-corrected chi connectivity index (χ1v) is 4.41.